The Bertz CT molecular complexity index is 506. The molecule has 0 saturated heterocycles. The first-order chi connectivity index (χ1) is 8.16. The van der Waals surface area contributed by atoms with Crippen LogP contribution < -0.4 is 5.73 Å². The van der Waals surface area contributed by atoms with Crippen LogP contribution in [0.25, 0.3) is 0 Å². The van der Waals surface area contributed by atoms with Crippen LogP contribution in [0.4, 0.5) is 5.69 Å². The van der Waals surface area contributed by atoms with E-state index >= 15 is 0 Å². The van der Waals surface area contributed by atoms with Gasteiger partial charge in [0.25, 0.3) is 0 Å². The summed E-state index contributed by atoms with van der Waals surface area (Å²) in [6, 6.07) is 6.15. The van der Waals surface area contributed by atoms with Gasteiger partial charge in [0.15, 0.2) is 0 Å². The maximum Gasteiger partial charge on any atom is 0.243 e. The van der Waals surface area contributed by atoms with Gasteiger partial charge in [-0.15, -0.1) is 0 Å². The maximum atomic E-state index is 12.4. The van der Waals surface area contributed by atoms with Crippen molar-refractivity contribution in [1.29, 1.82) is 0 Å². The molecule has 3 N–H and O–H groups in total. The van der Waals surface area contributed by atoms with E-state index in [9.17, 15) is 13.5 Å². The van der Waals surface area contributed by atoms with Gasteiger partial charge < -0.3 is 10.8 Å². The lowest BCUT2D eigenvalue weighted by atomic mass is 10.1. The fourth-order valence-electron chi connectivity index (χ4n) is 1.62. The third-order valence-electron chi connectivity index (χ3n) is 2.41. The molecule has 6 heteroatoms. The highest BCUT2D eigenvalue weighted by Gasteiger charge is 2.28. The van der Waals surface area contributed by atoms with Crippen LogP contribution in [0.5, 0.6) is 0 Å². The number of nitrogen functional groups attached to an aromatic ring is 1. The van der Waals surface area contributed by atoms with Crippen molar-refractivity contribution < 1.29 is 13.5 Å². The van der Waals surface area contributed by atoms with Crippen molar-refractivity contribution in [3.05, 3.63) is 24.3 Å². The van der Waals surface area contributed by atoms with Crippen molar-refractivity contribution in [1.82, 2.24) is 4.31 Å². The molecule has 0 atom stereocenters. The Kier molecular flexibility index (Phi) is 4.37. The summed E-state index contributed by atoms with van der Waals surface area (Å²) in [7, 11) is -3.61. The molecule has 0 saturated carbocycles. The fourth-order valence-corrected chi connectivity index (χ4v) is 3.28. The molecule has 1 rings (SSSR count). The molecular weight excluding hydrogens is 252 g/mol. The Hall–Kier alpha value is -1.11. The van der Waals surface area contributed by atoms with Crippen LogP contribution in [0, 0.1) is 0 Å². The zero-order chi connectivity index (χ0) is 14.0. The van der Waals surface area contributed by atoms with Gasteiger partial charge in [0.05, 0.1) is 10.5 Å². The Labute approximate surface area is 108 Å². The van der Waals surface area contributed by atoms with Crippen LogP contribution in [-0.2, 0) is 10.0 Å². The van der Waals surface area contributed by atoms with E-state index < -0.39 is 15.6 Å². The van der Waals surface area contributed by atoms with Gasteiger partial charge in [0.2, 0.25) is 10.0 Å². The molecule has 0 fully saturated rings. The van der Waals surface area contributed by atoms with Crippen molar-refractivity contribution in [2.75, 3.05) is 18.8 Å². The van der Waals surface area contributed by atoms with E-state index in [1.165, 1.54) is 16.4 Å². The van der Waals surface area contributed by atoms with E-state index in [2.05, 4.69) is 0 Å². The average molecular weight is 272 g/mol. The average Bonchev–Trinajstić information content (AvgIpc) is 2.24. The second-order valence-corrected chi connectivity index (χ2v) is 6.75. The summed E-state index contributed by atoms with van der Waals surface area (Å²) in [6.07, 6.45) is 0. The molecule has 0 aliphatic rings. The summed E-state index contributed by atoms with van der Waals surface area (Å²) in [6.45, 7) is 5.21. The first-order valence-corrected chi connectivity index (χ1v) is 7.19. The predicted molar refractivity (Wildman–Crippen MR) is 71.6 cm³/mol. The summed E-state index contributed by atoms with van der Waals surface area (Å²) in [4.78, 5) is 0.147. The molecule has 18 heavy (non-hydrogen) atoms. The van der Waals surface area contributed by atoms with Gasteiger partial charge in [-0.05, 0) is 32.0 Å². The minimum absolute atomic E-state index is 0.0423. The van der Waals surface area contributed by atoms with E-state index in [1.54, 1.807) is 32.9 Å². The summed E-state index contributed by atoms with van der Waals surface area (Å²) >= 11 is 0. The molecule has 1 aromatic rings. The van der Waals surface area contributed by atoms with E-state index in [4.69, 9.17) is 5.73 Å². The standard InChI is InChI=1S/C12H20N2O3S/c1-4-14(9-12(2,3)15)18(16,17)11-7-5-6-10(13)8-11/h5-8,15H,4,9,13H2,1-3H3. The molecule has 0 heterocycles. The van der Waals surface area contributed by atoms with Crippen LogP contribution in [0.15, 0.2) is 29.2 Å². The predicted octanol–water partition coefficient (Wildman–Crippen LogP) is 1.05. The second kappa shape index (κ2) is 5.26. The minimum Gasteiger partial charge on any atom is -0.399 e. The Balaban J connectivity index is 3.11. The third kappa shape index (κ3) is 3.69. The molecule has 0 aromatic heterocycles. The zero-order valence-electron chi connectivity index (χ0n) is 10.9. The van der Waals surface area contributed by atoms with Crippen LogP contribution in [0.2, 0.25) is 0 Å². The molecule has 5 nitrogen and oxygen atoms in total. The lowest BCUT2D eigenvalue weighted by molar-refractivity contribution is 0.0601. The van der Waals surface area contributed by atoms with E-state index in [-0.39, 0.29) is 11.4 Å². The summed E-state index contributed by atoms with van der Waals surface area (Å²) in [5, 5.41) is 9.75. The second-order valence-electron chi connectivity index (χ2n) is 4.82. The lowest BCUT2D eigenvalue weighted by Crippen LogP contribution is -2.42. The topological polar surface area (TPSA) is 83.6 Å². The SMILES string of the molecule is CCN(CC(C)(C)O)S(=O)(=O)c1cccc(N)c1. The fraction of sp³-hybridized carbons (Fsp3) is 0.500. The molecular formula is C12H20N2O3S. The number of nitrogens with zero attached hydrogens (tertiary/aromatic N) is 1. The molecule has 0 aliphatic carbocycles. The number of hydrogen-bond donors (Lipinski definition) is 2. The van der Waals surface area contributed by atoms with E-state index in [0.29, 0.717) is 12.2 Å². The van der Waals surface area contributed by atoms with E-state index in [0.717, 1.165) is 0 Å². The maximum absolute atomic E-state index is 12.4. The number of hydrogen-bond acceptors (Lipinski definition) is 4. The van der Waals surface area contributed by atoms with Gasteiger partial charge in [-0.3, -0.25) is 0 Å². The van der Waals surface area contributed by atoms with Crippen molar-refractivity contribution >= 4 is 15.7 Å². The monoisotopic (exact) mass is 272 g/mol. The number of sulfonamides is 1. The van der Waals surface area contributed by atoms with Crippen LogP contribution >= 0.6 is 0 Å². The Morgan fingerprint density at radius 3 is 2.44 bits per heavy atom. The quantitative estimate of drug-likeness (QED) is 0.785. The highest BCUT2D eigenvalue weighted by atomic mass is 32.2. The van der Waals surface area contributed by atoms with Crippen LogP contribution in [-0.4, -0.2) is 36.5 Å². The van der Waals surface area contributed by atoms with Gasteiger partial charge >= 0.3 is 0 Å². The molecule has 0 aliphatic heterocycles. The van der Waals surface area contributed by atoms with Crippen molar-refractivity contribution in [2.24, 2.45) is 0 Å². The van der Waals surface area contributed by atoms with Gasteiger partial charge in [-0.25, -0.2) is 8.42 Å². The van der Waals surface area contributed by atoms with Gasteiger partial charge in [-0.1, -0.05) is 13.0 Å². The number of nitrogens with two attached hydrogens (primary N) is 1. The van der Waals surface area contributed by atoms with Crippen molar-refractivity contribution in [3.63, 3.8) is 0 Å². The molecule has 1 aromatic carbocycles. The normalized spacial score (nSPS) is 12.9. The lowest BCUT2D eigenvalue weighted by Gasteiger charge is -2.27. The number of rotatable bonds is 5. The Morgan fingerprint density at radius 1 is 1.39 bits per heavy atom. The zero-order valence-corrected chi connectivity index (χ0v) is 11.7. The molecule has 0 spiro atoms. The smallest absolute Gasteiger partial charge is 0.243 e. The summed E-state index contributed by atoms with van der Waals surface area (Å²) < 4.78 is 25.9. The Morgan fingerprint density at radius 2 is 2.00 bits per heavy atom. The first-order valence-electron chi connectivity index (χ1n) is 5.75. The third-order valence-corrected chi connectivity index (χ3v) is 4.33. The molecule has 0 radical (unpaired) electrons. The number of aliphatic hydroxyl groups is 1. The number of likely N-dealkylation sites (N-methyl/N-ethyl adjacent to an activating group) is 1. The summed E-state index contributed by atoms with van der Waals surface area (Å²) in [5.74, 6) is 0. The molecule has 102 valence electrons. The molecule has 0 bridgehead atoms. The summed E-state index contributed by atoms with van der Waals surface area (Å²) in [5.41, 5.74) is 4.91. The number of anilines is 1. The number of benzene rings is 1. The molecule has 0 unspecified atom stereocenters. The first kappa shape index (κ1) is 14.9. The molecule has 0 amide bonds. The van der Waals surface area contributed by atoms with Gasteiger partial charge in [0.1, 0.15) is 0 Å². The van der Waals surface area contributed by atoms with E-state index in [1.807, 2.05) is 0 Å². The van der Waals surface area contributed by atoms with Crippen LogP contribution in [0.1, 0.15) is 20.8 Å². The van der Waals surface area contributed by atoms with Crippen molar-refractivity contribution in [3.8, 4) is 0 Å². The van der Waals surface area contributed by atoms with Crippen molar-refractivity contribution in [2.45, 2.75) is 31.3 Å². The van der Waals surface area contributed by atoms with Gasteiger partial charge in [0, 0.05) is 18.8 Å². The minimum atomic E-state index is -3.61. The van der Waals surface area contributed by atoms with Gasteiger partial charge in [-0.2, -0.15) is 4.31 Å². The largest absolute Gasteiger partial charge is 0.399 e. The highest BCUT2D eigenvalue weighted by molar-refractivity contribution is 7.89. The highest BCUT2D eigenvalue weighted by Crippen LogP contribution is 2.19. The van der Waals surface area contributed by atoms with Crippen LogP contribution in [0.3, 0.4) is 0 Å².